The highest BCUT2D eigenvalue weighted by Gasteiger charge is 2.12. The molecule has 1 heteroatoms. The predicted molar refractivity (Wildman–Crippen MR) is 73.1 cm³/mol. The second-order valence-corrected chi connectivity index (χ2v) is 5.58. The summed E-state index contributed by atoms with van der Waals surface area (Å²) in [6.07, 6.45) is 3.80. The zero-order chi connectivity index (χ0) is 12.5. The molecule has 0 aliphatic rings. The number of pyridine rings is 1. The van der Waals surface area contributed by atoms with Crippen LogP contribution in [0.25, 0.3) is 11.1 Å². The van der Waals surface area contributed by atoms with Crippen molar-refractivity contribution in [2.45, 2.75) is 33.1 Å². The number of aromatic nitrogens is 1. The minimum absolute atomic E-state index is 0.212. The Morgan fingerprint density at radius 3 is 2.06 bits per heavy atom. The van der Waals surface area contributed by atoms with Gasteiger partial charge in [0, 0.05) is 18.0 Å². The van der Waals surface area contributed by atoms with E-state index in [1.54, 1.807) is 0 Å². The molecule has 0 fully saturated rings. The van der Waals surface area contributed by atoms with E-state index in [1.165, 1.54) is 22.3 Å². The highest BCUT2D eigenvalue weighted by molar-refractivity contribution is 5.63. The van der Waals surface area contributed by atoms with E-state index in [4.69, 9.17) is 0 Å². The van der Waals surface area contributed by atoms with E-state index in [1.807, 2.05) is 12.4 Å². The van der Waals surface area contributed by atoms with Crippen LogP contribution < -0.4 is 0 Å². The van der Waals surface area contributed by atoms with Crippen LogP contribution in [-0.2, 0) is 5.41 Å². The summed E-state index contributed by atoms with van der Waals surface area (Å²) < 4.78 is 0. The number of hydrogen-bond donors (Lipinski definition) is 0. The number of benzene rings is 1. The molecule has 1 heterocycles. The molecule has 0 saturated carbocycles. The topological polar surface area (TPSA) is 12.9 Å². The highest BCUT2D eigenvalue weighted by Crippen LogP contribution is 2.25. The first-order chi connectivity index (χ1) is 7.97. The number of rotatable bonds is 1. The lowest BCUT2D eigenvalue weighted by atomic mass is 9.86. The minimum atomic E-state index is 0.212. The van der Waals surface area contributed by atoms with Gasteiger partial charge < -0.3 is 0 Å². The van der Waals surface area contributed by atoms with Crippen molar-refractivity contribution in [3.63, 3.8) is 0 Å². The van der Waals surface area contributed by atoms with Gasteiger partial charge in [0.25, 0.3) is 0 Å². The van der Waals surface area contributed by atoms with E-state index in [0.29, 0.717) is 0 Å². The Bertz CT molecular complexity index is 504. The van der Waals surface area contributed by atoms with Crippen LogP contribution in [0, 0.1) is 6.92 Å². The predicted octanol–water partition coefficient (Wildman–Crippen LogP) is 4.35. The molecular formula is C16H19N. The van der Waals surface area contributed by atoms with Gasteiger partial charge in [-0.2, -0.15) is 0 Å². The fourth-order valence-corrected chi connectivity index (χ4v) is 1.88. The van der Waals surface area contributed by atoms with Crippen molar-refractivity contribution < 1.29 is 0 Å². The van der Waals surface area contributed by atoms with Crippen molar-refractivity contribution >= 4 is 0 Å². The van der Waals surface area contributed by atoms with E-state index in [2.05, 4.69) is 63.0 Å². The summed E-state index contributed by atoms with van der Waals surface area (Å²) in [4.78, 5) is 4.23. The van der Waals surface area contributed by atoms with Gasteiger partial charge in [-0.1, -0.05) is 45.0 Å². The van der Waals surface area contributed by atoms with Crippen LogP contribution in [0.4, 0.5) is 0 Å². The normalized spacial score (nSPS) is 11.5. The first-order valence-electron chi connectivity index (χ1n) is 5.99. The standard InChI is InChI=1S/C16H19N/c1-12-9-14(11-17-10-12)13-5-7-15(8-6-13)16(2,3)4/h5-11H,1-4H3. The molecule has 0 N–H and O–H groups in total. The molecule has 1 aromatic heterocycles. The molecule has 0 amide bonds. The Hall–Kier alpha value is -1.63. The Balaban J connectivity index is 2.36. The summed E-state index contributed by atoms with van der Waals surface area (Å²) in [6.45, 7) is 8.77. The van der Waals surface area contributed by atoms with E-state index in [9.17, 15) is 0 Å². The van der Waals surface area contributed by atoms with Gasteiger partial charge >= 0.3 is 0 Å². The van der Waals surface area contributed by atoms with E-state index >= 15 is 0 Å². The molecule has 17 heavy (non-hydrogen) atoms. The molecule has 0 aliphatic carbocycles. The summed E-state index contributed by atoms with van der Waals surface area (Å²) in [5.41, 5.74) is 5.19. The summed E-state index contributed by atoms with van der Waals surface area (Å²) in [5, 5.41) is 0. The van der Waals surface area contributed by atoms with Crippen LogP contribution >= 0.6 is 0 Å². The second kappa shape index (κ2) is 4.33. The molecule has 88 valence electrons. The maximum atomic E-state index is 4.23. The zero-order valence-electron chi connectivity index (χ0n) is 11.0. The average molecular weight is 225 g/mol. The third-order valence-electron chi connectivity index (χ3n) is 2.96. The van der Waals surface area contributed by atoms with Crippen LogP contribution in [0.2, 0.25) is 0 Å². The molecule has 0 aliphatic heterocycles. The Morgan fingerprint density at radius 2 is 1.53 bits per heavy atom. The van der Waals surface area contributed by atoms with Crippen LogP contribution in [0.1, 0.15) is 31.9 Å². The van der Waals surface area contributed by atoms with Crippen molar-refractivity contribution in [3.05, 3.63) is 53.9 Å². The van der Waals surface area contributed by atoms with Crippen LogP contribution in [0.15, 0.2) is 42.7 Å². The Kier molecular flexibility index (Phi) is 3.01. The van der Waals surface area contributed by atoms with Crippen LogP contribution in [-0.4, -0.2) is 4.98 Å². The van der Waals surface area contributed by atoms with Gasteiger partial charge in [0.2, 0.25) is 0 Å². The molecule has 0 spiro atoms. The fourth-order valence-electron chi connectivity index (χ4n) is 1.88. The van der Waals surface area contributed by atoms with E-state index < -0.39 is 0 Å². The van der Waals surface area contributed by atoms with E-state index in [-0.39, 0.29) is 5.41 Å². The molecular weight excluding hydrogens is 206 g/mol. The smallest absolute Gasteiger partial charge is 0.0346 e. The van der Waals surface area contributed by atoms with Crippen molar-refractivity contribution in [1.82, 2.24) is 4.98 Å². The summed E-state index contributed by atoms with van der Waals surface area (Å²) >= 11 is 0. The number of hydrogen-bond acceptors (Lipinski definition) is 1. The zero-order valence-corrected chi connectivity index (χ0v) is 11.0. The molecule has 1 nitrogen and oxygen atoms in total. The monoisotopic (exact) mass is 225 g/mol. The lowest BCUT2D eigenvalue weighted by Gasteiger charge is -2.19. The van der Waals surface area contributed by atoms with Crippen molar-refractivity contribution in [2.75, 3.05) is 0 Å². The third-order valence-corrected chi connectivity index (χ3v) is 2.96. The van der Waals surface area contributed by atoms with Crippen molar-refractivity contribution in [1.29, 1.82) is 0 Å². The molecule has 0 saturated heterocycles. The van der Waals surface area contributed by atoms with E-state index in [0.717, 1.165) is 0 Å². The fraction of sp³-hybridized carbons (Fsp3) is 0.312. The highest BCUT2D eigenvalue weighted by atomic mass is 14.6. The minimum Gasteiger partial charge on any atom is -0.264 e. The third kappa shape index (κ3) is 2.73. The summed E-state index contributed by atoms with van der Waals surface area (Å²) in [6, 6.07) is 10.9. The second-order valence-electron chi connectivity index (χ2n) is 5.58. The van der Waals surface area contributed by atoms with Crippen LogP contribution in [0.5, 0.6) is 0 Å². The first kappa shape index (κ1) is 11.8. The summed E-state index contributed by atoms with van der Waals surface area (Å²) in [5.74, 6) is 0. The SMILES string of the molecule is Cc1cncc(-c2ccc(C(C)(C)C)cc2)c1. The molecule has 0 radical (unpaired) electrons. The number of nitrogens with zero attached hydrogens (tertiary/aromatic N) is 1. The average Bonchev–Trinajstić information content (AvgIpc) is 2.28. The van der Waals surface area contributed by atoms with Gasteiger partial charge in [-0.15, -0.1) is 0 Å². The lowest BCUT2D eigenvalue weighted by Crippen LogP contribution is -2.10. The maximum absolute atomic E-state index is 4.23. The van der Waals surface area contributed by atoms with Gasteiger partial charge in [-0.3, -0.25) is 4.98 Å². The molecule has 1 aromatic carbocycles. The van der Waals surface area contributed by atoms with Crippen molar-refractivity contribution in [2.24, 2.45) is 0 Å². The molecule has 2 rings (SSSR count). The van der Waals surface area contributed by atoms with Gasteiger partial charge in [-0.25, -0.2) is 0 Å². The summed E-state index contributed by atoms with van der Waals surface area (Å²) in [7, 11) is 0. The largest absolute Gasteiger partial charge is 0.264 e. The number of aryl methyl sites for hydroxylation is 1. The van der Waals surface area contributed by atoms with Gasteiger partial charge in [-0.05, 0) is 35.1 Å². The van der Waals surface area contributed by atoms with Crippen LogP contribution in [0.3, 0.4) is 0 Å². The molecule has 0 bridgehead atoms. The molecule has 0 unspecified atom stereocenters. The maximum Gasteiger partial charge on any atom is 0.0346 e. The van der Waals surface area contributed by atoms with Gasteiger partial charge in [0.05, 0.1) is 0 Å². The Labute approximate surface area is 104 Å². The van der Waals surface area contributed by atoms with Gasteiger partial charge in [0.15, 0.2) is 0 Å². The molecule has 0 atom stereocenters. The molecule has 2 aromatic rings. The van der Waals surface area contributed by atoms with Crippen molar-refractivity contribution in [3.8, 4) is 11.1 Å². The first-order valence-corrected chi connectivity index (χ1v) is 5.99. The Morgan fingerprint density at radius 1 is 0.882 bits per heavy atom. The van der Waals surface area contributed by atoms with Gasteiger partial charge in [0.1, 0.15) is 0 Å². The quantitative estimate of drug-likeness (QED) is 0.703. The lowest BCUT2D eigenvalue weighted by molar-refractivity contribution is 0.590.